The summed E-state index contributed by atoms with van der Waals surface area (Å²) >= 11 is 0. The third kappa shape index (κ3) is 2.73. The fourth-order valence-corrected chi connectivity index (χ4v) is 3.80. The van der Waals surface area contributed by atoms with Crippen molar-refractivity contribution < 1.29 is 14.0 Å². The zero-order valence-corrected chi connectivity index (χ0v) is 15.2. The van der Waals surface area contributed by atoms with Gasteiger partial charge in [-0.05, 0) is 39.8 Å². The minimum Gasteiger partial charge on any atom is -0.407 e. The molecule has 25 heavy (non-hydrogen) atoms. The molecule has 1 aliphatic rings. The standard InChI is InChI=1S/C18H23N3O4/c1-11(2)21-14(22)9-20(10-18(21,3)4)16(23)12-7-6-8-13-15(12)25-17(24)19(13)5/h6-8,11H,9-10H2,1-5H3. The minimum absolute atomic E-state index is 0.0217. The van der Waals surface area contributed by atoms with Crippen LogP contribution in [0.4, 0.5) is 0 Å². The molecular weight excluding hydrogens is 322 g/mol. The molecule has 1 aromatic heterocycles. The smallest absolute Gasteiger partial charge is 0.407 e. The predicted molar refractivity (Wildman–Crippen MR) is 93.4 cm³/mol. The highest BCUT2D eigenvalue weighted by molar-refractivity contribution is 6.05. The van der Waals surface area contributed by atoms with Crippen molar-refractivity contribution in [2.24, 2.45) is 7.05 Å². The number of hydrogen-bond donors (Lipinski definition) is 0. The van der Waals surface area contributed by atoms with Crippen molar-refractivity contribution in [3.05, 3.63) is 34.3 Å². The van der Waals surface area contributed by atoms with Gasteiger partial charge in [-0.3, -0.25) is 14.2 Å². The average Bonchev–Trinajstić information content (AvgIpc) is 2.79. The van der Waals surface area contributed by atoms with Gasteiger partial charge in [0.25, 0.3) is 5.91 Å². The second kappa shape index (κ2) is 5.75. The van der Waals surface area contributed by atoms with Crippen LogP contribution in [0.1, 0.15) is 38.1 Å². The number of piperazine rings is 1. The largest absolute Gasteiger partial charge is 0.419 e. The molecule has 7 heteroatoms. The molecule has 2 heterocycles. The Balaban J connectivity index is 1.99. The van der Waals surface area contributed by atoms with Crippen molar-refractivity contribution >= 4 is 22.9 Å². The molecule has 1 saturated heterocycles. The summed E-state index contributed by atoms with van der Waals surface area (Å²) in [5.41, 5.74) is 0.653. The lowest BCUT2D eigenvalue weighted by Crippen LogP contribution is -2.64. The van der Waals surface area contributed by atoms with Crippen molar-refractivity contribution in [2.75, 3.05) is 13.1 Å². The Labute approximate surface area is 145 Å². The maximum atomic E-state index is 13.0. The summed E-state index contributed by atoms with van der Waals surface area (Å²) in [4.78, 5) is 40.7. The van der Waals surface area contributed by atoms with Gasteiger partial charge in [0.05, 0.1) is 16.6 Å². The topological polar surface area (TPSA) is 75.8 Å². The van der Waals surface area contributed by atoms with Crippen molar-refractivity contribution in [1.29, 1.82) is 0 Å². The molecule has 1 aromatic carbocycles. The Hall–Kier alpha value is -2.57. The highest BCUT2D eigenvalue weighted by atomic mass is 16.4. The van der Waals surface area contributed by atoms with E-state index in [1.54, 1.807) is 25.2 Å². The first-order valence-electron chi connectivity index (χ1n) is 8.33. The van der Waals surface area contributed by atoms with Gasteiger partial charge in [0, 0.05) is 19.6 Å². The van der Waals surface area contributed by atoms with Crippen LogP contribution in [0.5, 0.6) is 0 Å². The van der Waals surface area contributed by atoms with E-state index in [-0.39, 0.29) is 30.0 Å². The van der Waals surface area contributed by atoms with Crippen LogP contribution in [0.15, 0.2) is 27.4 Å². The van der Waals surface area contributed by atoms with E-state index >= 15 is 0 Å². The van der Waals surface area contributed by atoms with Crippen molar-refractivity contribution in [3.8, 4) is 0 Å². The SMILES string of the molecule is CC(C)N1C(=O)CN(C(=O)c2cccc3c2oc(=O)n3C)CC1(C)C. The summed E-state index contributed by atoms with van der Waals surface area (Å²) in [6.45, 7) is 8.28. The number of aromatic nitrogens is 1. The quantitative estimate of drug-likeness (QED) is 0.828. The molecule has 0 aliphatic carbocycles. The Morgan fingerprint density at radius 1 is 1.24 bits per heavy atom. The number of carbonyl (C=O) groups is 2. The van der Waals surface area contributed by atoms with Crippen molar-refractivity contribution in [3.63, 3.8) is 0 Å². The maximum Gasteiger partial charge on any atom is 0.419 e. The zero-order valence-electron chi connectivity index (χ0n) is 15.2. The number of nitrogens with zero attached hydrogens (tertiary/aromatic N) is 3. The Morgan fingerprint density at radius 2 is 1.92 bits per heavy atom. The fourth-order valence-electron chi connectivity index (χ4n) is 3.80. The predicted octanol–water partition coefficient (Wildman–Crippen LogP) is 1.60. The average molecular weight is 345 g/mol. The van der Waals surface area contributed by atoms with Crippen LogP contribution < -0.4 is 5.76 Å². The van der Waals surface area contributed by atoms with Gasteiger partial charge in [0.15, 0.2) is 5.58 Å². The number of aryl methyl sites for hydroxylation is 1. The van der Waals surface area contributed by atoms with E-state index in [4.69, 9.17) is 4.42 Å². The van der Waals surface area contributed by atoms with Crippen LogP contribution in [-0.2, 0) is 11.8 Å². The van der Waals surface area contributed by atoms with Crippen LogP contribution in [-0.4, -0.2) is 50.9 Å². The first-order valence-corrected chi connectivity index (χ1v) is 8.33. The summed E-state index contributed by atoms with van der Waals surface area (Å²) in [6.07, 6.45) is 0. The maximum absolute atomic E-state index is 13.0. The second-order valence-corrected chi connectivity index (χ2v) is 7.41. The highest BCUT2D eigenvalue weighted by Gasteiger charge is 2.41. The molecule has 0 atom stereocenters. The van der Waals surface area contributed by atoms with E-state index in [0.717, 1.165) is 0 Å². The second-order valence-electron chi connectivity index (χ2n) is 7.41. The lowest BCUT2D eigenvalue weighted by atomic mass is 9.96. The lowest BCUT2D eigenvalue weighted by molar-refractivity contribution is -0.146. The number of hydrogen-bond acceptors (Lipinski definition) is 4. The summed E-state index contributed by atoms with van der Waals surface area (Å²) in [5, 5.41) is 0. The van der Waals surface area contributed by atoms with Gasteiger partial charge in [-0.25, -0.2) is 4.79 Å². The molecule has 2 amide bonds. The highest BCUT2D eigenvalue weighted by Crippen LogP contribution is 2.27. The van der Waals surface area contributed by atoms with Crippen LogP contribution in [0.25, 0.3) is 11.1 Å². The molecular formula is C18H23N3O4. The van der Waals surface area contributed by atoms with E-state index in [0.29, 0.717) is 17.6 Å². The van der Waals surface area contributed by atoms with Crippen LogP contribution >= 0.6 is 0 Å². The van der Waals surface area contributed by atoms with Gasteiger partial charge in [-0.2, -0.15) is 0 Å². The molecule has 2 aromatic rings. The number of rotatable bonds is 2. The molecule has 0 bridgehead atoms. The third-order valence-corrected chi connectivity index (χ3v) is 4.68. The molecule has 0 saturated carbocycles. The number of benzene rings is 1. The number of fused-ring (bicyclic) bond motifs is 1. The summed E-state index contributed by atoms with van der Waals surface area (Å²) < 4.78 is 6.60. The molecule has 1 aliphatic heterocycles. The molecule has 0 unspecified atom stereocenters. The molecule has 134 valence electrons. The van der Waals surface area contributed by atoms with Gasteiger partial charge in [0.2, 0.25) is 5.91 Å². The first kappa shape index (κ1) is 17.3. The molecule has 1 fully saturated rings. The number of carbonyl (C=O) groups excluding carboxylic acids is 2. The minimum atomic E-state index is -0.517. The monoisotopic (exact) mass is 345 g/mol. The van der Waals surface area contributed by atoms with E-state index < -0.39 is 11.3 Å². The van der Waals surface area contributed by atoms with Crippen LogP contribution in [0, 0.1) is 0 Å². The van der Waals surface area contributed by atoms with Gasteiger partial charge in [0.1, 0.15) is 6.54 Å². The first-order chi connectivity index (χ1) is 11.6. The van der Waals surface area contributed by atoms with Gasteiger partial charge in [-0.15, -0.1) is 0 Å². The van der Waals surface area contributed by atoms with E-state index in [1.807, 2.05) is 32.6 Å². The van der Waals surface area contributed by atoms with E-state index in [1.165, 1.54) is 9.47 Å². The normalized spacial score (nSPS) is 17.6. The van der Waals surface area contributed by atoms with Gasteiger partial charge < -0.3 is 14.2 Å². The van der Waals surface area contributed by atoms with Crippen LogP contribution in [0.3, 0.4) is 0 Å². The number of oxazole rings is 1. The zero-order chi connectivity index (χ0) is 18.5. The van der Waals surface area contributed by atoms with Crippen LogP contribution in [0.2, 0.25) is 0 Å². The Morgan fingerprint density at radius 3 is 2.52 bits per heavy atom. The molecule has 0 spiro atoms. The number of amides is 2. The molecule has 0 radical (unpaired) electrons. The molecule has 7 nitrogen and oxygen atoms in total. The van der Waals surface area contributed by atoms with E-state index in [2.05, 4.69) is 0 Å². The summed E-state index contributed by atoms with van der Waals surface area (Å²) in [5.74, 6) is -0.901. The summed E-state index contributed by atoms with van der Waals surface area (Å²) in [6, 6.07) is 5.13. The van der Waals surface area contributed by atoms with Crippen molar-refractivity contribution in [1.82, 2.24) is 14.4 Å². The molecule has 0 N–H and O–H groups in total. The summed E-state index contributed by atoms with van der Waals surface area (Å²) in [7, 11) is 1.59. The van der Waals surface area contributed by atoms with Gasteiger partial charge >= 0.3 is 5.76 Å². The van der Waals surface area contributed by atoms with Crippen molar-refractivity contribution in [2.45, 2.75) is 39.3 Å². The lowest BCUT2D eigenvalue weighted by Gasteiger charge is -2.48. The van der Waals surface area contributed by atoms with Gasteiger partial charge in [-0.1, -0.05) is 6.07 Å². The third-order valence-electron chi connectivity index (χ3n) is 4.68. The molecule has 3 rings (SSSR count). The Bertz CT molecular complexity index is 907. The Kier molecular flexibility index (Phi) is 3.97. The fraction of sp³-hybridized carbons (Fsp3) is 0.500. The van der Waals surface area contributed by atoms with E-state index in [9.17, 15) is 14.4 Å². The number of para-hydroxylation sites is 1.